The molecule has 2 rings (SSSR count). The third kappa shape index (κ3) is 4.31. The lowest BCUT2D eigenvalue weighted by Crippen LogP contribution is -2.34. The predicted molar refractivity (Wildman–Crippen MR) is 74.7 cm³/mol. The van der Waals surface area contributed by atoms with Crippen molar-refractivity contribution in [1.29, 1.82) is 0 Å². The maximum Gasteiger partial charge on any atom is 0.119 e. The van der Waals surface area contributed by atoms with Crippen molar-refractivity contribution < 1.29 is 4.74 Å². The molecule has 0 radical (unpaired) electrons. The van der Waals surface area contributed by atoms with Gasteiger partial charge in [-0.1, -0.05) is 31.4 Å². The number of benzene rings is 1. The molecule has 1 aromatic carbocycles. The SMILES string of the molecule is NCc1cccc(OCCNC2CCCCC2)c1. The van der Waals surface area contributed by atoms with Gasteiger partial charge < -0.3 is 15.8 Å². The summed E-state index contributed by atoms with van der Waals surface area (Å²) in [4.78, 5) is 0. The van der Waals surface area contributed by atoms with Gasteiger partial charge in [-0.3, -0.25) is 0 Å². The minimum Gasteiger partial charge on any atom is -0.492 e. The molecule has 0 amide bonds. The lowest BCUT2D eigenvalue weighted by atomic mass is 9.96. The van der Waals surface area contributed by atoms with Crippen molar-refractivity contribution in [1.82, 2.24) is 5.32 Å². The zero-order valence-corrected chi connectivity index (χ0v) is 11.0. The van der Waals surface area contributed by atoms with Crippen LogP contribution in [0, 0.1) is 0 Å². The van der Waals surface area contributed by atoms with Crippen molar-refractivity contribution in [3.8, 4) is 5.75 Å². The first-order chi connectivity index (χ1) is 8.88. The standard InChI is InChI=1S/C15H24N2O/c16-12-13-5-4-8-15(11-13)18-10-9-17-14-6-2-1-3-7-14/h4-5,8,11,14,17H,1-3,6-7,9-10,12,16H2. The van der Waals surface area contributed by atoms with Crippen LogP contribution in [0.25, 0.3) is 0 Å². The molecule has 1 aliphatic rings. The summed E-state index contributed by atoms with van der Waals surface area (Å²) in [6, 6.07) is 8.72. The number of rotatable bonds is 6. The summed E-state index contributed by atoms with van der Waals surface area (Å²) in [6.45, 7) is 2.22. The number of hydrogen-bond donors (Lipinski definition) is 2. The van der Waals surface area contributed by atoms with E-state index in [4.69, 9.17) is 10.5 Å². The van der Waals surface area contributed by atoms with Gasteiger partial charge in [0.15, 0.2) is 0 Å². The van der Waals surface area contributed by atoms with E-state index in [-0.39, 0.29) is 0 Å². The molecule has 1 aliphatic carbocycles. The normalized spacial score (nSPS) is 16.7. The molecule has 100 valence electrons. The second-order valence-electron chi connectivity index (χ2n) is 4.99. The van der Waals surface area contributed by atoms with Gasteiger partial charge in [-0.05, 0) is 30.5 Å². The van der Waals surface area contributed by atoms with Gasteiger partial charge in [0.2, 0.25) is 0 Å². The predicted octanol–water partition coefficient (Wildman–Crippen LogP) is 2.45. The molecule has 1 fully saturated rings. The molecule has 1 saturated carbocycles. The van der Waals surface area contributed by atoms with Crippen LogP contribution < -0.4 is 15.8 Å². The van der Waals surface area contributed by atoms with E-state index in [0.717, 1.165) is 24.5 Å². The highest BCUT2D eigenvalue weighted by Crippen LogP contribution is 2.17. The molecule has 0 unspecified atom stereocenters. The van der Waals surface area contributed by atoms with Crippen molar-refractivity contribution in [2.75, 3.05) is 13.2 Å². The van der Waals surface area contributed by atoms with Gasteiger partial charge in [0.1, 0.15) is 12.4 Å². The molecule has 0 atom stereocenters. The van der Waals surface area contributed by atoms with Crippen molar-refractivity contribution in [2.24, 2.45) is 5.73 Å². The van der Waals surface area contributed by atoms with Gasteiger partial charge >= 0.3 is 0 Å². The zero-order chi connectivity index (χ0) is 12.6. The maximum atomic E-state index is 5.72. The summed E-state index contributed by atoms with van der Waals surface area (Å²) < 4.78 is 5.72. The summed E-state index contributed by atoms with van der Waals surface area (Å²) >= 11 is 0. The molecule has 18 heavy (non-hydrogen) atoms. The molecule has 0 heterocycles. The Morgan fingerprint density at radius 1 is 1.22 bits per heavy atom. The maximum absolute atomic E-state index is 5.72. The first kappa shape index (κ1) is 13.4. The van der Waals surface area contributed by atoms with Crippen LogP contribution in [0.5, 0.6) is 5.75 Å². The molecule has 0 bridgehead atoms. The highest BCUT2D eigenvalue weighted by molar-refractivity contribution is 5.28. The number of nitrogens with one attached hydrogen (secondary N) is 1. The van der Waals surface area contributed by atoms with Crippen LogP contribution in [-0.4, -0.2) is 19.2 Å². The summed E-state index contributed by atoms with van der Waals surface area (Å²) in [5.41, 5.74) is 6.72. The topological polar surface area (TPSA) is 47.3 Å². The summed E-state index contributed by atoms with van der Waals surface area (Å²) in [6.07, 6.45) is 6.79. The molecular weight excluding hydrogens is 224 g/mol. The molecule has 3 N–H and O–H groups in total. The summed E-state index contributed by atoms with van der Waals surface area (Å²) in [5, 5.41) is 3.57. The van der Waals surface area contributed by atoms with Crippen LogP contribution in [0.3, 0.4) is 0 Å². The largest absolute Gasteiger partial charge is 0.492 e. The fourth-order valence-electron chi connectivity index (χ4n) is 2.50. The fourth-order valence-corrected chi connectivity index (χ4v) is 2.50. The van der Waals surface area contributed by atoms with Crippen molar-refractivity contribution in [3.05, 3.63) is 29.8 Å². The molecule has 1 aromatic rings. The Bertz CT molecular complexity index is 348. The molecule has 0 aromatic heterocycles. The van der Waals surface area contributed by atoms with Crippen LogP contribution >= 0.6 is 0 Å². The highest BCUT2D eigenvalue weighted by Gasteiger charge is 2.11. The van der Waals surface area contributed by atoms with Gasteiger partial charge in [-0.25, -0.2) is 0 Å². The van der Waals surface area contributed by atoms with E-state index in [1.165, 1.54) is 32.1 Å². The van der Waals surface area contributed by atoms with Crippen LogP contribution in [0.4, 0.5) is 0 Å². The Morgan fingerprint density at radius 2 is 2.06 bits per heavy atom. The van der Waals surface area contributed by atoms with Gasteiger partial charge in [-0.15, -0.1) is 0 Å². The number of ether oxygens (including phenoxy) is 1. The van der Waals surface area contributed by atoms with Gasteiger partial charge in [0, 0.05) is 19.1 Å². The lowest BCUT2D eigenvalue weighted by molar-refractivity contribution is 0.289. The molecule has 3 nitrogen and oxygen atoms in total. The minimum atomic E-state index is 0.567. The third-order valence-corrected chi connectivity index (χ3v) is 3.54. The number of hydrogen-bond acceptors (Lipinski definition) is 3. The average molecular weight is 248 g/mol. The zero-order valence-electron chi connectivity index (χ0n) is 11.0. The smallest absolute Gasteiger partial charge is 0.119 e. The van der Waals surface area contributed by atoms with Crippen LogP contribution in [0.1, 0.15) is 37.7 Å². The van der Waals surface area contributed by atoms with E-state index in [9.17, 15) is 0 Å². The second-order valence-corrected chi connectivity index (χ2v) is 4.99. The molecule has 0 aliphatic heterocycles. The first-order valence-electron chi connectivity index (χ1n) is 7.03. The van der Waals surface area contributed by atoms with Gasteiger partial charge in [-0.2, -0.15) is 0 Å². The highest BCUT2D eigenvalue weighted by atomic mass is 16.5. The van der Waals surface area contributed by atoms with E-state index in [1.54, 1.807) is 0 Å². The molecule has 0 saturated heterocycles. The lowest BCUT2D eigenvalue weighted by Gasteiger charge is -2.22. The average Bonchev–Trinajstić information content (AvgIpc) is 2.45. The Labute approximate surface area is 110 Å². The fraction of sp³-hybridized carbons (Fsp3) is 0.600. The monoisotopic (exact) mass is 248 g/mol. The summed E-state index contributed by atoms with van der Waals surface area (Å²) in [5.74, 6) is 0.920. The van der Waals surface area contributed by atoms with Crippen molar-refractivity contribution in [2.45, 2.75) is 44.7 Å². The molecular formula is C15H24N2O. The van der Waals surface area contributed by atoms with Crippen molar-refractivity contribution in [3.63, 3.8) is 0 Å². The van der Waals surface area contributed by atoms with E-state index in [1.807, 2.05) is 24.3 Å². The Kier molecular flexibility index (Phi) is 5.49. The third-order valence-electron chi connectivity index (χ3n) is 3.54. The van der Waals surface area contributed by atoms with Gasteiger partial charge in [0.25, 0.3) is 0 Å². The Morgan fingerprint density at radius 3 is 2.83 bits per heavy atom. The molecule has 3 heteroatoms. The van der Waals surface area contributed by atoms with Crippen LogP contribution in [0.2, 0.25) is 0 Å². The van der Waals surface area contributed by atoms with E-state index in [2.05, 4.69) is 5.32 Å². The van der Waals surface area contributed by atoms with Crippen LogP contribution in [-0.2, 0) is 6.54 Å². The second kappa shape index (κ2) is 7.39. The van der Waals surface area contributed by atoms with E-state index < -0.39 is 0 Å². The molecule has 0 spiro atoms. The Balaban J connectivity index is 1.65. The quantitative estimate of drug-likeness (QED) is 0.760. The summed E-state index contributed by atoms with van der Waals surface area (Å²) in [7, 11) is 0. The minimum absolute atomic E-state index is 0.567. The van der Waals surface area contributed by atoms with Crippen LogP contribution in [0.15, 0.2) is 24.3 Å². The first-order valence-corrected chi connectivity index (χ1v) is 7.03. The Hall–Kier alpha value is -1.06. The van der Waals surface area contributed by atoms with Gasteiger partial charge in [0.05, 0.1) is 0 Å². The number of nitrogens with two attached hydrogens (primary N) is 1. The van der Waals surface area contributed by atoms with E-state index in [0.29, 0.717) is 12.6 Å². The van der Waals surface area contributed by atoms with E-state index >= 15 is 0 Å². The van der Waals surface area contributed by atoms with Crippen molar-refractivity contribution >= 4 is 0 Å².